The second-order valence-electron chi connectivity index (χ2n) is 4.51. The molecule has 1 saturated heterocycles. The van der Waals surface area contributed by atoms with Crippen molar-refractivity contribution in [3.63, 3.8) is 0 Å². The Balaban J connectivity index is 1.90. The molecule has 1 atom stereocenters. The molecule has 0 aromatic heterocycles. The maximum Gasteiger partial charge on any atom is 0.345 e. The smallest absolute Gasteiger partial charge is 0.345 e. The standard InChI is InChI=1S/C13H16FNO2/c1-15-8-7-13(14,10-15)12(16)17-9-11-5-3-2-4-6-11/h2-6H,7-10H2,1H3. The predicted octanol–water partition coefficient (Wildman–Crippen LogP) is 1.77. The summed E-state index contributed by atoms with van der Waals surface area (Å²) in [6.45, 7) is 0.854. The van der Waals surface area contributed by atoms with Gasteiger partial charge in [0.25, 0.3) is 0 Å². The fourth-order valence-electron chi connectivity index (χ4n) is 1.97. The molecule has 1 aromatic carbocycles. The van der Waals surface area contributed by atoms with Gasteiger partial charge in [0.2, 0.25) is 5.67 Å². The fourth-order valence-corrected chi connectivity index (χ4v) is 1.97. The van der Waals surface area contributed by atoms with Crippen LogP contribution in [0.1, 0.15) is 12.0 Å². The van der Waals surface area contributed by atoms with E-state index in [0.717, 1.165) is 5.56 Å². The third-order valence-corrected chi connectivity index (χ3v) is 2.99. The summed E-state index contributed by atoms with van der Waals surface area (Å²) in [6.07, 6.45) is 0.219. The largest absolute Gasteiger partial charge is 0.458 e. The Bertz CT molecular complexity index is 396. The number of hydrogen-bond acceptors (Lipinski definition) is 3. The van der Waals surface area contributed by atoms with Crippen molar-refractivity contribution >= 4 is 5.97 Å². The van der Waals surface area contributed by atoms with Crippen LogP contribution in [0.4, 0.5) is 4.39 Å². The molecule has 0 saturated carbocycles. The fraction of sp³-hybridized carbons (Fsp3) is 0.462. The Morgan fingerprint density at radius 1 is 1.47 bits per heavy atom. The zero-order chi connectivity index (χ0) is 12.3. The van der Waals surface area contributed by atoms with Crippen molar-refractivity contribution in [2.24, 2.45) is 0 Å². The molecule has 0 spiro atoms. The van der Waals surface area contributed by atoms with Crippen LogP contribution in [0.3, 0.4) is 0 Å². The Hall–Kier alpha value is -1.42. The number of esters is 1. The highest BCUT2D eigenvalue weighted by Crippen LogP contribution is 2.26. The van der Waals surface area contributed by atoms with Crippen LogP contribution in [0.2, 0.25) is 0 Å². The Morgan fingerprint density at radius 3 is 2.76 bits per heavy atom. The first-order valence-corrected chi connectivity index (χ1v) is 5.69. The number of hydrogen-bond donors (Lipinski definition) is 0. The van der Waals surface area contributed by atoms with Crippen LogP contribution in [-0.4, -0.2) is 36.7 Å². The van der Waals surface area contributed by atoms with Crippen molar-refractivity contribution in [1.29, 1.82) is 0 Å². The van der Waals surface area contributed by atoms with Crippen molar-refractivity contribution < 1.29 is 13.9 Å². The molecule has 1 aliphatic rings. The predicted molar refractivity (Wildman–Crippen MR) is 62.2 cm³/mol. The van der Waals surface area contributed by atoms with Crippen molar-refractivity contribution in [2.75, 3.05) is 20.1 Å². The summed E-state index contributed by atoms with van der Waals surface area (Å²) in [5.41, 5.74) is -0.959. The molecule has 1 aliphatic heterocycles. The molecule has 1 aromatic rings. The molecule has 0 bridgehead atoms. The molecule has 17 heavy (non-hydrogen) atoms. The molecule has 2 rings (SSSR count). The molecule has 1 heterocycles. The first kappa shape index (κ1) is 12.0. The topological polar surface area (TPSA) is 29.5 Å². The van der Waals surface area contributed by atoms with E-state index in [1.807, 2.05) is 30.3 Å². The molecule has 3 nitrogen and oxygen atoms in total. The number of carbonyl (C=O) groups is 1. The lowest BCUT2D eigenvalue weighted by molar-refractivity contribution is -0.158. The average molecular weight is 237 g/mol. The Morgan fingerprint density at radius 2 is 2.18 bits per heavy atom. The number of alkyl halides is 1. The molecular weight excluding hydrogens is 221 g/mol. The van der Waals surface area contributed by atoms with Crippen molar-refractivity contribution in [1.82, 2.24) is 4.90 Å². The van der Waals surface area contributed by atoms with E-state index in [0.29, 0.717) is 6.54 Å². The molecule has 92 valence electrons. The Kier molecular flexibility index (Phi) is 3.43. The van der Waals surface area contributed by atoms with E-state index in [-0.39, 0.29) is 19.6 Å². The van der Waals surface area contributed by atoms with Crippen molar-refractivity contribution in [2.45, 2.75) is 18.7 Å². The SMILES string of the molecule is CN1CCC(F)(C(=O)OCc2ccccc2)C1. The van der Waals surface area contributed by atoms with E-state index in [2.05, 4.69) is 0 Å². The minimum atomic E-state index is -1.83. The number of ether oxygens (including phenoxy) is 1. The monoisotopic (exact) mass is 237 g/mol. The van der Waals surface area contributed by atoms with E-state index in [1.54, 1.807) is 11.9 Å². The highest BCUT2D eigenvalue weighted by molar-refractivity contribution is 5.80. The van der Waals surface area contributed by atoms with Crippen LogP contribution in [0.5, 0.6) is 0 Å². The zero-order valence-electron chi connectivity index (χ0n) is 9.86. The van der Waals surface area contributed by atoms with Gasteiger partial charge in [0.1, 0.15) is 6.61 Å². The minimum absolute atomic E-state index is 0.126. The van der Waals surface area contributed by atoms with Gasteiger partial charge in [0.15, 0.2) is 0 Å². The quantitative estimate of drug-likeness (QED) is 0.750. The summed E-state index contributed by atoms with van der Waals surface area (Å²) in [5, 5.41) is 0. The van der Waals surface area contributed by atoms with Crippen molar-refractivity contribution in [3.05, 3.63) is 35.9 Å². The van der Waals surface area contributed by atoms with Gasteiger partial charge in [0, 0.05) is 19.5 Å². The third kappa shape index (κ3) is 2.82. The Labute approximate surface area is 100 Å². The molecule has 0 N–H and O–H groups in total. The minimum Gasteiger partial charge on any atom is -0.458 e. The third-order valence-electron chi connectivity index (χ3n) is 2.99. The molecular formula is C13H16FNO2. The number of nitrogens with zero attached hydrogens (tertiary/aromatic N) is 1. The van der Waals surface area contributed by atoms with Gasteiger partial charge < -0.3 is 9.64 Å². The first-order valence-electron chi connectivity index (χ1n) is 5.69. The number of benzene rings is 1. The lowest BCUT2D eigenvalue weighted by atomic mass is 10.1. The number of likely N-dealkylation sites (tertiary alicyclic amines) is 1. The van der Waals surface area contributed by atoms with E-state index >= 15 is 0 Å². The van der Waals surface area contributed by atoms with Crippen LogP contribution in [0.15, 0.2) is 30.3 Å². The first-order chi connectivity index (χ1) is 8.10. The van der Waals surface area contributed by atoms with E-state index in [4.69, 9.17) is 4.74 Å². The second kappa shape index (κ2) is 4.84. The van der Waals surface area contributed by atoms with Gasteiger partial charge in [-0.05, 0) is 12.6 Å². The van der Waals surface area contributed by atoms with Gasteiger partial charge in [-0.2, -0.15) is 0 Å². The van der Waals surface area contributed by atoms with Gasteiger partial charge in [-0.15, -0.1) is 0 Å². The normalized spacial score (nSPS) is 24.8. The van der Waals surface area contributed by atoms with E-state index < -0.39 is 11.6 Å². The van der Waals surface area contributed by atoms with E-state index in [9.17, 15) is 9.18 Å². The van der Waals surface area contributed by atoms with Gasteiger partial charge in [0.05, 0.1) is 0 Å². The highest BCUT2D eigenvalue weighted by Gasteiger charge is 2.45. The molecule has 4 heteroatoms. The maximum atomic E-state index is 14.1. The number of carbonyl (C=O) groups excluding carboxylic acids is 1. The number of rotatable bonds is 3. The van der Waals surface area contributed by atoms with Gasteiger partial charge in [-0.25, -0.2) is 9.18 Å². The summed E-state index contributed by atoms with van der Waals surface area (Å²) >= 11 is 0. The lowest BCUT2D eigenvalue weighted by Gasteiger charge is -2.17. The van der Waals surface area contributed by atoms with E-state index in [1.165, 1.54) is 0 Å². The zero-order valence-corrected chi connectivity index (χ0v) is 9.86. The molecule has 0 aliphatic carbocycles. The highest BCUT2D eigenvalue weighted by atomic mass is 19.1. The van der Waals surface area contributed by atoms with Crippen LogP contribution in [-0.2, 0) is 16.1 Å². The van der Waals surface area contributed by atoms with Crippen LogP contribution in [0.25, 0.3) is 0 Å². The maximum absolute atomic E-state index is 14.1. The van der Waals surface area contributed by atoms with Crippen LogP contribution < -0.4 is 0 Å². The summed E-state index contributed by atoms with van der Waals surface area (Å²) in [7, 11) is 1.80. The van der Waals surface area contributed by atoms with Gasteiger partial charge >= 0.3 is 5.97 Å². The average Bonchev–Trinajstić information content (AvgIpc) is 2.69. The summed E-state index contributed by atoms with van der Waals surface area (Å²) in [4.78, 5) is 13.5. The van der Waals surface area contributed by atoms with Crippen molar-refractivity contribution in [3.8, 4) is 0 Å². The summed E-state index contributed by atoms with van der Waals surface area (Å²) in [6, 6.07) is 9.29. The molecule has 1 unspecified atom stereocenters. The van der Waals surface area contributed by atoms with Crippen LogP contribution >= 0.6 is 0 Å². The summed E-state index contributed by atoms with van der Waals surface area (Å²) in [5.74, 6) is -0.745. The summed E-state index contributed by atoms with van der Waals surface area (Å²) < 4.78 is 19.2. The molecule has 0 amide bonds. The molecule has 0 radical (unpaired) electrons. The lowest BCUT2D eigenvalue weighted by Crippen LogP contribution is -2.37. The second-order valence-corrected chi connectivity index (χ2v) is 4.51. The van der Waals surface area contributed by atoms with Crippen LogP contribution in [0, 0.1) is 0 Å². The number of halogens is 1. The molecule has 1 fully saturated rings. The van der Waals surface area contributed by atoms with Gasteiger partial charge in [-0.3, -0.25) is 0 Å². The van der Waals surface area contributed by atoms with Gasteiger partial charge in [-0.1, -0.05) is 30.3 Å².